The molecule has 0 heterocycles. The Balaban J connectivity index is 2.74. The van der Waals surface area contributed by atoms with Gasteiger partial charge in [0, 0.05) is 11.7 Å². The molecular formula is C18H32N4. The Bertz CT molecular complexity index is 470. The second kappa shape index (κ2) is 8.79. The molecule has 1 aromatic rings. The van der Waals surface area contributed by atoms with Gasteiger partial charge in [-0.15, -0.1) is 0 Å². The van der Waals surface area contributed by atoms with Crippen LogP contribution in [0.3, 0.4) is 0 Å². The molecule has 1 unspecified atom stereocenters. The van der Waals surface area contributed by atoms with Crippen LogP contribution in [0.15, 0.2) is 23.2 Å². The Labute approximate surface area is 135 Å². The number of likely N-dealkylation sites (N-methyl/N-ethyl adjacent to an activating group) is 1. The number of benzene rings is 1. The summed E-state index contributed by atoms with van der Waals surface area (Å²) >= 11 is 0. The van der Waals surface area contributed by atoms with Crippen molar-refractivity contribution in [2.24, 2.45) is 16.6 Å². The maximum atomic E-state index is 6.06. The summed E-state index contributed by atoms with van der Waals surface area (Å²) in [5.41, 5.74) is 9.50. The standard InChI is InChI=1S/C18H32N4/c1-7-15(8-2)17(22(5)6)12-20-18(19)21-16-10-13(3)9-14(4)11-16/h9-11,15,17H,7-8,12H2,1-6H3,(H3,19,20,21). The fraction of sp³-hybridized carbons (Fsp3) is 0.611. The number of anilines is 1. The molecule has 4 heteroatoms. The van der Waals surface area contributed by atoms with E-state index in [1.807, 2.05) is 0 Å². The molecule has 124 valence electrons. The van der Waals surface area contributed by atoms with Gasteiger partial charge in [0.05, 0.1) is 6.54 Å². The average Bonchev–Trinajstić information content (AvgIpc) is 2.41. The second-order valence-electron chi connectivity index (χ2n) is 6.33. The molecule has 0 amide bonds. The lowest BCUT2D eigenvalue weighted by Gasteiger charge is -2.30. The van der Waals surface area contributed by atoms with Crippen molar-refractivity contribution in [1.82, 2.24) is 4.90 Å². The number of nitrogens with one attached hydrogen (secondary N) is 1. The predicted octanol–water partition coefficient (Wildman–Crippen LogP) is 3.40. The molecule has 0 fully saturated rings. The molecule has 0 saturated carbocycles. The van der Waals surface area contributed by atoms with Crippen LogP contribution in [0.4, 0.5) is 5.69 Å². The number of nitrogens with zero attached hydrogens (tertiary/aromatic N) is 2. The van der Waals surface area contributed by atoms with Crippen LogP contribution in [0.2, 0.25) is 0 Å². The van der Waals surface area contributed by atoms with Crippen LogP contribution >= 0.6 is 0 Å². The van der Waals surface area contributed by atoms with Crippen LogP contribution in [-0.4, -0.2) is 37.5 Å². The summed E-state index contributed by atoms with van der Waals surface area (Å²) in [5.74, 6) is 1.13. The highest BCUT2D eigenvalue weighted by atomic mass is 15.1. The van der Waals surface area contributed by atoms with Gasteiger partial charge in [0.25, 0.3) is 0 Å². The van der Waals surface area contributed by atoms with Crippen molar-refractivity contribution in [3.8, 4) is 0 Å². The fourth-order valence-electron chi connectivity index (χ4n) is 2.99. The molecule has 0 aliphatic carbocycles. The first-order valence-electron chi connectivity index (χ1n) is 8.19. The smallest absolute Gasteiger partial charge is 0.193 e. The van der Waals surface area contributed by atoms with Crippen molar-refractivity contribution >= 4 is 11.6 Å². The summed E-state index contributed by atoms with van der Waals surface area (Å²) in [6.45, 7) is 9.38. The van der Waals surface area contributed by atoms with E-state index in [-0.39, 0.29) is 0 Å². The van der Waals surface area contributed by atoms with Crippen LogP contribution in [-0.2, 0) is 0 Å². The average molecular weight is 304 g/mol. The van der Waals surface area contributed by atoms with Gasteiger partial charge in [-0.25, -0.2) is 0 Å². The zero-order valence-corrected chi connectivity index (χ0v) is 15.0. The SMILES string of the molecule is CCC(CC)C(CN=C(N)Nc1cc(C)cc(C)c1)N(C)C. The predicted molar refractivity (Wildman–Crippen MR) is 97.6 cm³/mol. The number of aryl methyl sites for hydroxylation is 2. The maximum absolute atomic E-state index is 6.06. The molecule has 1 rings (SSSR count). The number of aliphatic imine (C=N–C) groups is 1. The molecular weight excluding hydrogens is 272 g/mol. The van der Waals surface area contributed by atoms with Crippen LogP contribution in [0.1, 0.15) is 37.8 Å². The third-order valence-corrected chi connectivity index (χ3v) is 4.20. The number of rotatable bonds is 7. The van der Waals surface area contributed by atoms with Crippen LogP contribution in [0.5, 0.6) is 0 Å². The Morgan fingerprint density at radius 2 is 1.68 bits per heavy atom. The van der Waals surface area contributed by atoms with Gasteiger partial charge in [-0.1, -0.05) is 32.8 Å². The quantitative estimate of drug-likeness (QED) is 0.599. The Morgan fingerprint density at radius 3 is 2.14 bits per heavy atom. The second-order valence-corrected chi connectivity index (χ2v) is 6.33. The molecule has 0 aliphatic heterocycles. The molecule has 0 aromatic heterocycles. The highest BCUT2D eigenvalue weighted by Crippen LogP contribution is 2.17. The van der Waals surface area contributed by atoms with E-state index in [1.165, 1.54) is 24.0 Å². The van der Waals surface area contributed by atoms with Crippen LogP contribution < -0.4 is 11.1 Å². The van der Waals surface area contributed by atoms with Crippen molar-refractivity contribution in [3.05, 3.63) is 29.3 Å². The van der Waals surface area contributed by atoms with Crippen molar-refractivity contribution < 1.29 is 0 Å². The molecule has 1 atom stereocenters. The Hall–Kier alpha value is -1.55. The van der Waals surface area contributed by atoms with Gasteiger partial charge < -0.3 is 16.0 Å². The van der Waals surface area contributed by atoms with E-state index in [1.54, 1.807) is 0 Å². The van der Waals surface area contributed by atoms with E-state index in [4.69, 9.17) is 5.73 Å². The van der Waals surface area contributed by atoms with Crippen LogP contribution in [0.25, 0.3) is 0 Å². The van der Waals surface area contributed by atoms with Crippen LogP contribution in [0, 0.1) is 19.8 Å². The first-order valence-corrected chi connectivity index (χ1v) is 8.19. The topological polar surface area (TPSA) is 53.6 Å². The van der Waals surface area contributed by atoms with Gasteiger partial charge in [-0.2, -0.15) is 0 Å². The van der Waals surface area contributed by atoms with Crippen molar-refractivity contribution in [3.63, 3.8) is 0 Å². The summed E-state index contributed by atoms with van der Waals surface area (Å²) in [6, 6.07) is 6.74. The maximum Gasteiger partial charge on any atom is 0.193 e. The van der Waals surface area contributed by atoms with Gasteiger partial charge >= 0.3 is 0 Å². The third-order valence-electron chi connectivity index (χ3n) is 4.20. The normalized spacial score (nSPS) is 13.7. The molecule has 0 aliphatic rings. The number of hydrogen-bond donors (Lipinski definition) is 2. The Morgan fingerprint density at radius 1 is 1.14 bits per heavy atom. The molecule has 0 radical (unpaired) electrons. The van der Waals surface area contributed by atoms with E-state index in [9.17, 15) is 0 Å². The zero-order valence-electron chi connectivity index (χ0n) is 15.0. The monoisotopic (exact) mass is 304 g/mol. The van der Waals surface area contributed by atoms with Crippen molar-refractivity contribution in [2.45, 2.75) is 46.6 Å². The highest BCUT2D eigenvalue weighted by Gasteiger charge is 2.20. The minimum atomic E-state index is 0.426. The molecule has 0 spiro atoms. The fourth-order valence-corrected chi connectivity index (χ4v) is 2.99. The number of hydrogen-bond acceptors (Lipinski definition) is 2. The Kier molecular flexibility index (Phi) is 7.39. The van der Waals surface area contributed by atoms with Gasteiger partial charge in [-0.05, 0) is 57.1 Å². The summed E-state index contributed by atoms with van der Waals surface area (Å²) in [4.78, 5) is 6.81. The minimum Gasteiger partial charge on any atom is -0.370 e. The third kappa shape index (κ3) is 5.68. The van der Waals surface area contributed by atoms with E-state index >= 15 is 0 Å². The lowest BCUT2D eigenvalue weighted by Crippen LogP contribution is -2.38. The van der Waals surface area contributed by atoms with Crippen molar-refractivity contribution in [2.75, 3.05) is 26.0 Å². The zero-order chi connectivity index (χ0) is 16.7. The van der Waals surface area contributed by atoms with E-state index in [0.717, 1.165) is 12.2 Å². The largest absolute Gasteiger partial charge is 0.370 e. The molecule has 0 bridgehead atoms. The number of nitrogens with two attached hydrogens (primary N) is 1. The lowest BCUT2D eigenvalue weighted by molar-refractivity contribution is 0.206. The molecule has 4 nitrogen and oxygen atoms in total. The van der Waals surface area contributed by atoms with Gasteiger partial charge in [0.2, 0.25) is 0 Å². The number of guanidine groups is 1. The minimum absolute atomic E-state index is 0.426. The molecule has 1 aromatic carbocycles. The van der Waals surface area contributed by atoms with Gasteiger partial charge in [0.15, 0.2) is 5.96 Å². The summed E-state index contributed by atoms with van der Waals surface area (Å²) in [6.07, 6.45) is 2.33. The van der Waals surface area contributed by atoms with E-state index in [2.05, 4.69) is 75.2 Å². The van der Waals surface area contributed by atoms with E-state index in [0.29, 0.717) is 17.9 Å². The van der Waals surface area contributed by atoms with E-state index < -0.39 is 0 Å². The van der Waals surface area contributed by atoms with Gasteiger partial charge in [0.1, 0.15) is 0 Å². The highest BCUT2D eigenvalue weighted by molar-refractivity contribution is 5.92. The summed E-state index contributed by atoms with van der Waals surface area (Å²) in [7, 11) is 4.23. The summed E-state index contributed by atoms with van der Waals surface area (Å²) < 4.78 is 0. The van der Waals surface area contributed by atoms with Gasteiger partial charge in [-0.3, -0.25) is 4.99 Å². The summed E-state index contributed by atoms with van der Waals surface area (Å²) in [5, 5.41) is 3.20. The van der Waals surface area contributed by atoms with Crippen molar-refractivity contribution in [1.29, 1.82) is 0 Å². The lowest BCUT2D eigenvalue weighted by atomic mass is 9.93. The first-order chi connectivity index (χ1) is 10.4. The first kappa shape index (κ1) is 18.5. The molecule has 0 saturated heterocycles. The molecule has 22 heavy (non-hydrogen) atoms. The molecule has 3 N–H and O–H groups in total.